The minimum Gasteiger partial charge on any atom is -0.385 e. The van der Waals surface area contributed by atoms with Gasteiger partial charge in [-0.1, -0.05) is 29.8 Å². The highest BCUT2D eigenvalue weighted by Gasteiger charge is 2.09. The number of nitrogens with zero attached hydrogens (tertiary/aromatic N) is 3. The first-order chi connectivity index (χ1) is 7.66. The summed E-state index contributed by atoms with van der Waals surface area (Å²) in [4.78, 5) is 4.03. The number of aryl methyl sites for hydroxylation is 1. The summed E-state index contributed by atoms with van der Waals surface area (Å²) < 4.78 is 1.72. The largest absolute Gasteiger partial charge is 0.385 e. The molecule has 2 rings (SSSR count). The van der Waals surface area contributed by atoms with Crippen molar-refractivity contribution in [3.05, 3.63) is 47.5 Å². The van der Waals surface area contributed by atoms with Crippen LogP contribution < -0.4 is 0 Å². The van der Waals surface area contributed by atoms with Crippen molar-refractivity contribution in [2.45, 2.75) is 26.5 Å². The van der Waals surface area contributed by atoms with E-state index in [-0.39, 0.29) is 0 Å². The second-order valence-electron chi connectivity index (χ2n) is 3.94. The van der Waals surface area contributed by atoms with Crippen LogP contribution in [-0.2, 0) is 6.54 Å². The molecule has 0 bridgehead atoms. The van der Waals surface area contributed by atoms with E-state index < -0.39 is 6.10 Å². The molecular formula is C12H15N3O. The van der Waals surface area contributed by atoms with Gasteiger partial charge in [0.05, 0.1) is 6.54 Å². The molecule has 1 unspecified atom stereocenters. The number of rotatable bonds is 3. The lowest BCUT2D eigenvalue weighted by atomic mass is 10.1. The first-order valence-corrected chi connectivity index (χ1v) is 5.28. The average Bonchev–Trinajstić information content (AvgIpc) is 2.69. The summed E-state index contributed by atoms with van der Waals surface area (Å²) in [6.45, 7) is 4.39. The van der Waals surface area contributed by atoms with Crippen LogP contribution in [0, 0.1) is 6.92 Å². The molecule has 0 aliphatic heterocycles. The van der Waals surface area contributed by atoms with Gasteiger partial charge in [-0.2, -0.15) is 5.10 Å². The van der Waals surface area contributed by atoms with Crippen molar-refractivity contribution in [2.75, 3.05) is 0 Å². The van der Waals surface area contributed by atoms with Crippen LogP contribution in [0.5, 0.6) is 0 Å². The summed E-state index contributed by atoms with van der Waals surface area (Å²) in [6.07, 6.45) is 0.879. The first kappa shape index (κ1) is 10.8. The number of hydrogen-bond acceptors (Lipinski definition) is 3. The van der Waals surface area contributed by atoms with Crippen LogP contribution in [0.15, 0.2) is 30.6 Å². The molecular weight excluding hydrogens is 202 g/mol. The molecule has 0 saturated carbocycles. The molecule has 0 radical (unpaired) electrons. The maximum absolute atomic E-state index is 9.49. The summed E-state index contributed by atoms with van der Waals surface area (Å²) in [5, 5.41) is 13.6. The van der Waals surface area contributed by atoms with Gasteiger partial charge in [-0.05, 0) is 19.4 Å². The van der Waals surface area contributed by atoms with Crippen molar-refractivity contribution in [1.29, 1.82) is 0 Å². The van der Waals surface area contributed by atoms with Gasteiger partial charge in [0.15, 0.2) is 5.82 Å². The molecule has 4 nitrogen and oxygen atoms in total. The zero-order chi connectivity index (χ0) is 11.5. The minimum absolute atomic E-state index is 0.590. The zero-order valence-corrected chi connectivity index (χ0v) is 9.46. The van der Waals surface area contributed by atoms with Crippen molar-refractivity contribution >= 4 is 0 Å². The SMILES string of the molecule is Cc1ccc(Cn2ncnc2C(C)O)cc1. The summed E-state index contributed by atoms with van der Waals surface area (Å²) in [7, 11) is 0. The fourth-order valence-electron chi connectivity index (χ4n) is 1.58. The summed E-state index contributed by atoms with van der Waals surface area (Å²) in [5.41, 5.74) is 2.39. The molecule has 1 N–H and O–H groups in total. The highest BCUT2D eigenvalue weighted by Crippen LogP contribution is 2.10. The number of aromatic nitrogens is 3. The number of hydrogen-bond donors (Lipinski definition) is 1. The van der Waals surface area contributed by atoms with E-state index in [1.54, 1.807) is 11.6 Å². The van der Waals surface area contributed by atoms with Crippen molar-refractivity contribution in [1.82, 2.24) is 14.8 Å². The van der Waals surface area contributed by atoms with E-state index in [2.05, 4.69) is 41.3 Å². The van der Waals surface area contributed by atoms with Gasteiger partial charge >= 0.3 is 0 Å². The van der Waals surface area contributed by atoms with Gasteiger partial charge in [0.25, 0.3) is 0 Å². The standard InChI is InChI=1S/C12H15N3O/c1-9-3-5-11(6-4-9)7-15-12(10(2)16)13-8-14-15/h3-6,8,10,16H,7H2,1-2H3. The lowest BCUT2D eigenvalue weighted by Gasteiger charge is -2.08. The Hall–Kier alpha value is -1.68. The Morgan fingerprint density at radius 1 is 1.31 bits per heavy atom. The number of aliphatic hydroxyl groups excluding tert-OH is 1. The molecule has 1 aromatic carbocycles. The summed E-state index contributed by atoms with van der Waals surface area (Å²) >= 11 is 0. The molecule has 84 valence electrons. The molecule has 1 atom stereocenters. The Morgan fingerprint density at radius 3 is 2.62 bits per heavy atom. The third-order valence-corrected chi connectivity index (χ3v) is 2.47. The zero-order valence-electron chi connectivity index (χ0n) is 9.46. The Balaban J connectivity index is 2.20. The van der Waals surface area contributed by atoms with Gasteiger partial charge in [-0.25, -0.2) is 9.67 Å². The van der Waals surface area contributed by atoms with E-state index in [1.165, 1.54) is 11.9 Å². The van der Waals surface area contributed by atoms with Crippen LogP contribution in [0.3, 0.4) is 0 Å². The molecule has 16 heavy (non-hydrogen) atoms. The molecule has 0 aliphatic rings. The molecule has 1 aromatic heterocycles. The van der Waals surface area contributed by atoms with E-state index in [0.29, 0.717) is 12.4 Å². The first-order valence-electron chi connectivity index (χ1n) is 5.28. The van der Waals surface area contributed by atoms with Gasteiger partial charge < -0.3 is 5.11 Å². The topological polar surface area (TPSA) is 50.9 Å². The quantitative estimate of drug-likeness (QED) is 0.851. The molecule has 0 aliphatic carbocycles. The molecule has 2 aromatic rings. The molecule has 4 heteroatoms. The number of aliphatic hydroxyl groups is 1. The van der Waals surface area contributed by atoms with Crippen molar-refractivity contribution in [2.24, 2.45) is 0 Å². The van der Waals surface area contributed by atoms with Crippen LogP contribution in [0.1, 0.15) is 30.0 Å². The number of benzene rings is 1. The average molecular weight is 217 g/mol. The molecule has 1 heterocycles. The second kappa shape index (κ2) is 4.45. The highest BCUT2D eigenvalue weighted by atomic mass is 16.3. The van der Waals surface area contributed by atoms with Gasteiger partial charge in [0.1, 0.15) is 12.4 Å². The van der Waals surface area contributed by atoms with Crippen LogP contribution in [-0.4, -0.2) is 19.9 Å². The van der Waals surface area contributed by atoms with Gasteiger partial charge in [-0.3, -0.25) is 0 Å². The Bertz CT molecular complexity index is 459. The highest BCUT2D eigenvalue weighted by molar-refractivity contribution is 5.21. The fraction of sp³-hybridized carbons (Fsp3) is 0.333. The van der Waals surface area contributed by atoms with Crippen LogP contribution in [0.2, 0.25) is 0 Å². The van der Waals surface area contributed by atoms with Gasteiger partial charge in [0, 0.05) is 0 Å². The second-order valence-corrected chi connectivity index (χ2v) is 3.94. The van der Waals surface area contributed by atoms with Crippen molar-refractivity contribution in [3.8, 4) is 0 Å². The maximum Gasteiger partial charge on any atom is 0.155 e. The Kier molecular flexibility index (Phi) is 3.01. The van der Waals surface area contributed by atoms with E-state index in [0.717, 1.165) is 5.56 Å². The lowest BCUT2D eigenvalue weighted by molar-refractivity contribution is 0.182. The van der Waals surface area contributed by atoms with Gasteiger partial charge in [0.2, 0.25) is 0 Å². The van der Waals surface area contributed by atoms with Crippen molar-refractivity contribution in [3.63, 3.8) is 0 Å². The van der Waals surface area contributed by atoms with Crippen LogP contribution >= 0.6 is 0 Å². The summed E-state index contributed by atoms with van der Waals surface area (Å²) in [6, 6.07) is 8.24. The third kappa shape index (κ3) is 2.28. The van der Waals surface area contributed by atoms with Crippen LogP contribution in [0.25, 0.3) is 0 Å². The molecule has 0 amide bonds. The lowest BCUT2D eigenvalue weighted by Crippen LogP contribution is -2.09. The fourth-order valence-corrected chi connectivity index (χ4v) is 1.58. The summed E-state index contributed by atoms with van der Waals surface area (Å²) in [5.74, 6) is 0.598. The normalized spacial score (nSPS) is 12.7. The van der Waals surface area contributed by atoms with Crippen LogP contribution in [0.4, 0.5) is 0 Å². The third-order valence-electron chi connectivity index (χ3n) is 2.47. The Morgan fingerprint density at radius 2 is 2.00 bits per heavy atom. The minimum atomic E-state index is -0.590. The predicted octanol–water partition coefficient (Wildman–Crippen LogP) is 1.69. The maximum atomic E-state index is 9.49. The van der Waals surface area contributed by atoms with Crippen molar-refractivity contribution < 1.29 is 5.11 Å². The molecule has 0 spiro atoms. The molecule has 0 saturated heterocycles. The monoisotopic (exact) mass is 217 g/mol. The van der Waals surface area contributed by atoms with Gasteiger partial charge in [-0.15, -0.1) is 0 Å². The molecule has 0 fully saturated rings. The van der Waals surface area contributed by atoms with E-state index in [9.17, 15) is 5.11 Å². The van der Waals surface area contributed by atoms with E-state index in [1.807, 2.05) is 0 Å². The predicted molar refractivity (Wildman–Crippen MR) is 60.9 cm³/mol. The Labute approximate surface area is 94.6 Å². The van der Waals surface area contributed by atoms with E-state index in [4.69, 9.17) is 0 Å². The van der Waals surface area contributed by atoms with E-state index >= 15 is 0 Å². The smallest absolute Gasteiger partial charge is 0.155 e.